The number of hydrogen-bond acceptors (Lipinski definition) is 4. The van der Waals surface area contributed by atoms with Crippen LogP contribution < -0.4 is 5.32 Å². The highest BCUT2D eigenvalue weighted by Crippen LogP contribution is 2.35. The monoisotopic (exact) mass is 282 g/mol. The minimum Gasteiger partial charge on any atom is -0.351 e. The molecule has 1 saturated carbocycles. The van der Waals surface area contributed by atoms with Crippen LogP contribution in [-0.4, -0.2) is 16.0 Å². The second-order valence-corrected chi connectivity index (χ2v) is 5.28. The van der Waals surface area contributed by atoms with Gasteiger partial charge in [0, 0.05) is 12.2 Å². The van der Waals surface area contributed by atoms with Crippen molar-refractivity contribution in [2.24, 2.45) is 0 Å². The van der Waals surface area contributed by atoms with E-state index in [1.54, 1.807) is 24.4 Å². The molecule has 1 aliphatic carbocycles. The summed E-state index contributed by atoms with van der Waals surface area (Å²) < 4.78 is 13.3. The molecule has 3 rings (SSSR count). The van der Waals surface area contributed by atoms with E-state index < -0.39 is 0 Å². The van der Waals surface area contributed by atoms with Crippen LogP contribution in [0.1, 0.15) is 36.4 Å². The molecular formula is C16H15FN4. The van der Waals surface area contributed by atoms with Crippen LogP contribution in [0, 0.1) is 17.1 Å². The third kappa shape index (κ3) is 3.16. The van der Waals surface area contributed by atoms with Gasteiger partial charge in [0.15, 0.2) is 0 Å². The molecule has 0 radical (unpaired) electrons. The van der Waals surface area contributed by atoms with Crippen molar-refractivity contribution < 1.29 is 4.39 Å². The summed E-state index contributed by atoms with van der Waals surface area (Å²) in [4.78, 5) is 8.25. The summed E-state index contributed by atoms with van der Waals surface area (Å²) in [6, 6.07) is 10.6. The van der Waals surface area contributed by atoms with E-state index in [-0.39, 0.29) is 11.9 Å². The Labute approximate surface area is 122 Å². The smallest absolute Gasteiger partial charge is 0.224 e. The third-order valence-electron chi connectivity index (χ3n) is 3.86. The van der Waals surface area contributed by atoms with Crippen LogP contribution in [0.15, 0.2) is 36.5 Å². The van der Waals surface area contributed by atoms with Crippen molar-refractivity contribution in [1.82, 2.24) is 9.97 Å². The predicted octanol–water partition coefficient (Wildman–Crippen LogP) is 3.24. The molecule has 0 bridgehead atoms. The van der Waals surface area contributed by atoms with Crippen molar-refractivity contribution in [1.29, 1.82) is 5.26 Å². The van der Waals surface area contributed by atoms with Crippen LogP contribution in [0.3, 0.4) is 0 Å². The number of benzene rings is 1. The lowest BCUT2D eigenvalue weighted by Crippen LogP contribution is -2.17. The second-order valence-electron chi connectivity index (χ2n) is 5.28. The maximum Gasteiger partial charge on any atom is 0.224 e. The lowest BCUT2D eigenvalue weighted by molar-refractivity contribution is 0.617. The number of hydrogen-bond donors (Lipinski definition) is 1. The molecule has 4 nitrogen and oxygen atoms in total. The average molecular weight is 282 g/mol. The molecule has 0 saturated heterocycles. The van der Waals surface area contributed by atoms with Gasteiger partial charge in [-0.2, -0.15) is 5.26 Å². The van der Waals surface area contributed by atoms with Crippen molar-refractivity contribution >= 4 is 5.95 Å². The quantitative estimate of drug-likeness (QED) is 0.938. The zero-order chi connectivity index (χ0) is 14.7. The average Bonchev–Trinajstić information content (AvgIpc) is 2.96. The Morgan fingerprint density at radius 1 is 1.29 bits per heavy atom. The lowest BCUT2D eigenvalue weighted by Gasteiger charge is -2.13. The van der Waals surface area contributed by atoms with E-state index in [9.17, 15) is 4.39 Å². The summed E-state index contributed by atoms with van der Waals surface area (Å²) in [5.41, 5.74) is 1.40. The number of nitrogens with one attached hydrogen (secondary N) is 1. The molecule has 0 amide bonds. The van der Waals surface area contributed by atoms with E-state index in [1.807, 2.05) is 12.1 Å². The Hall–Kier alpha value is -2.48. The molecule has 0 aliphatic heterocycles. The topological polar surface area (TPSA) is 61.6 Å². The summed E-state index contributed by atoms with van der Waals surface area (Å²) >= 11 is 0. The van der Waals surface area contributed by atoms with E-state index in [2.05, 4.69) is 15.3 Å². The van der Waals surface area contributed by atoms with Gasteiger partial charge in [0.05, 0.1) is 0 Å². The van der Waals surface area contributed by atoms with E-state index in [0.29, 0.717) is 17.6 Å². The molecule has 5 heteroatoms. The molecule has 1 heterocycles. The van der Waals surface area contributed by atoms with Crippen LogP contribution in [0.5, 0.6) is 0 Å². The molecule has 1 fully saturated rings. The molecule has 21 heavy (non-hydrogen) atoms. The normalized spacial score (nSPS) is 21.0. The number of anilines is 1. The van der Waals surface area contributed by atoms with Crippen molar-refractivity contribution in [3.05, 3.63) is 53.6 Å². The molecule has 2 unspecified atom stereocenters. The van der Waals surface area contributed by atoms with Gasteiger partial charge < -0.3 is 5.32 Å². The Bertz CT molecular complexity index is 680. The van der Waals surface area contributed by atoms with Gasteiger partial charge in [-0.25, -0.2) is 14.4 Å². The summed E-state index contributed by atoms with van der Waals surface area (Å²) in [6.45, 7) is 0. The molecule has 1 aromatic carbocycles. The highest BCUT2D eigenvalue weighted by Gasteiger charge is 2.26. The number of nitrogens with zero attached hydrogens (tertiary/aromatic N) is 3. The fraction of sp³-hybridized carbons (Fsp3) is 0.312. The van der Waals surface area contributed by atoms with E-state index >= 15 is 0 Å². The molecular weight excluding hydrogens is 267 g/mol. The molecule has 2 aromatic rings. The standard InChI is InChI=1S/C16H15FN4/c17-13-3-1-2-11(8-13)12-4-5-14(9-12)20-16-19-7-6-15(10-18)21-16/h1-3,6-8,12,14H,4-5,9H2,(H,19,20,21). The first-order valence-corrected chi connectivity index (χ1v) is 7.00. The first-order chi connectivity index (χ1) is 10.2. The Morgan fingerprint density at radius 2 is 2.19 bits per heavy atom. The number of aromatic nitrogens is 2. The zero-order valence-corrected chi connectivity index (χ0v) is 11.5. The SMILES string of the molecule is N#Cc1ccnc(NC2CCC(c3cccc(F)c3)C2)n1. The zero-order valence-electron chi connectivity index (χ0n) is 11.5. The van der Waals surface area contributed by atoms with E-state index in [4.69, 9.17) is 5.26 Å². The maximum absolute atomic E-state index is 13.3. The van der Waals surface area contributed by atoms with Crippen molar-refractivity contribution in [2.45, 2.75) is 31.2 Å². The van der Waals surface area contributed by atoms with Gasteiger partial charge in [-0.1, -0.05) is 12.1 Å². The van der Waals surface area contributed by atoms with Crippen LogP contribution in [0.2, 0.25) is 0 Å². The highest BCUT2D eigenvalue weighted by molar-refractivity contribution is 5.32. The first kappa shape index (κ1) is 13.5. The highest BCUT2D eigenvalue weighted by atomic mass is 19.1. The van der Waals surface area contributed by atoms with Gasteiger partial charge in [-0.3, -0.25) is 0 Å². The van der Waals surface area contributed by atoms with Gasteiger partial charge >= 0.3 is 0 Å². The largest absolute Gasteiger partial charge is 0.351 e. The van der Waals surface area contributed by atoms with Gasteiger partial charge in [0.2, 0.25) is 5.95 Å². The fourth-order valence-electron chi connectivity index (χ4n) is 2.85. The van der Waals surface area contributed by atoms with E-state index in [1.165, 1.54) is 6.07 Å². The summed E-state index contributed by atoms with van der Waals surface area (Å²) in [7, 11) is 0. The van der Waals surface area contributed by atoms with Gasteiger partial charge in [0.25, 0.3) is 0 Å². The van der Waals surface area contributed by atoms with Crippen LogP contribution in [0.25, 0.3) is 0 Å². The molecule has 1 aliphatic rings. The van der Waals surface area contributed by atoms with E-state index in [0.717, 1.165) is 24.8 Å². The summed E-state index contributed by atoms with van der Waals surface area (Å²) in [5.74, 6) is 0.658. The second kappa shape index (κ2) is 5.88. The van der Waals surface area contributed by atoms with Crippen molar-refractivity contribution in [3.8, 4) is 6.07 Å². The molecule has 2 atom stereocenters. The molecule has 106 valence electrons. The van der Waals surface area contributed by atoms with Gasteiger partial charge in [-0.15, -0.1) is 0 Å². The van der Waals surface area contributed by atoms with Gasteiger partial charge in [-0.05, 0) is 48.9 Å². The number of halogens is 1. The maximum atomic E-state index is 13.3. The summed E-state index contributed by atoms with van der Waals surface area (Å²) in [6.07, 6.45) is 4.50. The third-order valence-corrected chi connectivity index (χ3v) is 3.86. The minimum atomic E-state index is -0.186. The number of nitriles is 1. The Kier molecular flexibility index (Phi) is 3.78. The van der Waals surface area contributed by atoms with Crippen LogP contribution >= 0.6 is 0 Å². The van der Waals surface area contributed by atoms with Gasteiger partial charge in [0.1, 0.15) is 17.6 Å². The van der Waals surface area contributed by atoms with Crippen molar-refractivity contribution in [2.75, 3.05) is 5.32 Å². The van der Waals surface area contributed by atoms with Crippen LogP contribution in [0.4, 0.5) is 10.3 Å². The Morgan fingerprint density at radius 3 is 3.00 bits per heavy atom. The molecule has 1 aromatic heterocycles. The van der Waals surface area contributed by atoms with Crippen molar-refractivity contribution in [3.63, 3.8) is 0 Å². The molecule has 0 spiro atoms. The minimum absolute atomic E-state index is 0.186. The lowest BCUT2D eigenvalue weighted by atomic mass is 9.97. The predicted molar refractivity (Wildman–Crippen MR) is 77.1 cm³/mol. The molecule has 1 N–H and O–H groups in total. The Balaban J connectivity index is 1.66. The number of rotatable bonds is 3. The van der Waals surface area contributed by atoms with Crippen LogP contribution in [-0.2, 0) is 0 Å². The first-order valence-electron chi connectivity index (χ1n) is 7.00. The summed E-state index contributed by atoms with van der Waals surface area (Å²) in [5, 5.41) is 12.1. The fourth-order valence-corrected chi connectivity index (χ4v) is 2.85.